The Morgan fingerprint density at radius 1 is 1.42 bits per heavy atom. The predicted molar refractivity (Wildman–Crippen MR) is 69.3 cm³/mol. The third-order valence-corrected chi connectivity index (χ3v) is 3.60. The van der Waals surface area contributed by atoms with Crippen LogP contribution in [-0.4, -0.2) is 15.7 Å². The van der Waals surface area contributed by atoms with Crippen LogP contribution in [0.5, 0.6) is 0 Å². The summed E-state index contributed by atoms with van der Waals surface area (Å²) in [6.45, 7) is 1.77. The maximum Gasteiger partial charge on any atom is 0.259 e. The van der Waals surface area contributed by atoms with Crippen molar-refractivity contribution in [3.63, 3.8) is 0 Å². The summed E-state index contributed by atoms with van der Waals surface area (Å²) in [6.07, 6.45) is 1.26. The lowest BCUT2D eigenvalue weighted by molar-refractivity contribution is 0.0846. The third kappa shape index (κ3) is 1.73. The molecule has 1 fully saturated rings. The van der Waals surface area contributed by atoms with Crippen molar-refractivity contribution in [2.75, 3.05) is 5.73 Å². The van der Waals surface area contributed by atoms with Gasteiger partial charge in [0.25, 0.3) is 5.91 Å². The summed E-state index contributed by atoms with van der Waals surface area (Å²) in [5, 5.41) is 4.09. The molecule has 5 heteroatoms. The van der Waals surface area contributed by atoms with Gasteiger partial charge in [-0.1, -0.05) is 18.2 Å². The van der Waals surface area contributed by atoms with Crippen molar-refractivity contribution >= 4 is 11.7 Å². The molecule has 0 aliphatic heterocycles. The fraction of sp³-hybridized carbons (Fsp3) is 0.286. The van der Waals surface area contributed by atoms with Crippen LogP contribution in [0.25, 0.3) is 0 Å². The lowest BCUT2D eigenvalue weighted by Crippen LogP contribution is -2.29. The van der Waals surface area contributed by atoms with Crippen LogP contribution in [0.4, 0.5) is 10.2 Å². The Labute approximate surface area is 110 Å². The number of nitrogens with zero attached hydrogens (tertiary/aromatic N) is 2. The molecule has 1 aromatic carbocycles. The molecule has 1 aliphatic rings. The quantitative estimate of drug-likeness (QED) is 0.900. The summed E-state index contributed by atoms with van der Waals surface area (Å²) in [7, 11) is 0. The Morgan fingerprint density at radius 3 is 2.63 bits per heavy atom. The molecule has 1 aromatic heterocycles. The lowest BCUT2D eigenvalue weighted by atomic mass is 9.94. The van der Waals surface area contributed by atoms with E-state index in [4.69, 9.17) is 5.73 Å². The second-order valence-electron chi connectivity index (χ2n) is 4.99. The van der Waals surface area contributed by atoms with Gasteiger partial charge in [0.05, 0.1) is 11.1 Å². The van der Waals surface area contributed by atoms with Crippen molar-refractivity contribution in [1.29, 1.82) is 0 Å². The number of nitrogens with two attached hydrogens (primary N) is 1. The van der Waals surface area contributed by atoms with Gasteiger partial charge in [-0.3, -0.25) is 4.79 Å². The molecule has 4 nitrogen and oxygen atoms in total. The monoisotopic (exact) mass is 259 g/mol. The molecular weight excluding hydrogens is 245 g/mol. The molecule has 2 N–H and O–H groups in total. The second kappa shape index (κ2) is 3.91. The van der Waals surface area contributed by atoms with E-state index in [2.05, 4.69) is 5.10 Å². The van der Waals surface area contributed by atoms with E-state index in [1.807, 2.05) is 0 Å². The molecule has 0 radical (unpaired) electrons. The van der Waals surface area contributed by atoms with Gasteiger partial charge in [0.1, 0.15) is 11.6 Å². The van der Waals surface area contributed by atoms with Crippen molar-refractivity contribution in [3.05, 3.63) is 47.4 Å². The Hall–Kier alpha value is -2.17. The zero-order chi connectivity index (χ0) is 13.6. The van der Waals surface area contributed by atoms with Crippen LogP contribution < -0.4 is 5.73 Å². The summed E-state index contributed by atoms with van der Waals surface area (Å²) in [5.41, 5.74) is 6.09. The maximum absolute atomic E-state index is 13.9. The normalized spacial score (nSPS) is 16.3. The van der Waals surface area contributed by atoms with E-state index >= 15 is 0 Å². The predicted octanol–water partition coefficient (Wildman–Crippen LogP) is 2.28. The molecule has 0 atom stereocenters. The van der Waals surface area contributed by atoms with Crippen LogP contribution >= 0.6 is 0 Å². The number of anilines is 1. The van der Waals surface area contributed by atoms with Crippen molar-refractivity contribution in [3.8, 4) is 0 Å². The average molecular weight is 259 g/mol. The number of carbonyl (C=O) groups is 1. The fourth-order valence-corrected chi connectivity index (χ4v) is 2.46. The first-order valence-corrected chi connectivity index (χ1v) is 6.16. The van der Waals surface area contributed by atoms with E-state index in [-0.39, 0.29) is 11.7 Å². The molecule has 0 saturated heterocycles. The molecule has 98 valence electrons. The smallest absolute Gasteiger partial charge is 0.259 e. The van der Waals surface area contributed by atoms with Gasteiger partial charge < -0.3 is 5.73 Å². The Balaban J connectivity index is 2.05. The minimum absolute atomic E-state index is 0.247. The summed E-state index contributed by atoms with van der Waals surface area (Å²) < 4.78 is 15.1. The van der Waals surface area contributed by atoms with E-state index in [9.17, 15) is 9.18 Å². The summed E-state index contributed by atoms with van der Waals surface area (Å²) in [5.74, 6) is -0.302. The standard InChI is InChI=1S/C14H14FN3O/c1-9-8-12(16)18(17-9)13(19)14(6-7-14)10-4-2-3-5-11(10)15/h2-5,8H,6-7,16H2,1H3. The number of halogens is 1. The van der Waals surface area contributed by atoms with E-state index in [1.165, 1.54) is 10.7 Å². The highest BCUT2D eigenvalue weighted by atomic mass is 19.1. The summed E-state index contributed by atoms with van der Waals surface area (Å²) in [4.78, 5) is 12.6. The maximum atomic E-state index is 13.9. The number of benzene rings is 1. The largest absolute Gasteiger partial charge is 0.383 e. The average Bonchev–Trinajstić information content (AvgIpc) is 3.10. The van der Waals surface area contributed by atoms with Crippen LogP contribution in [0.3, 0.4) is 0 Å². The number of aryl methyl sites for hydroxylation is 1. The SMILES string of the molecule is Cc1cc(N)n(C(=O)C2(c3ccccc3F)CC2)n1. The van der Waals surface area contributed by atoms with Crippen molar-refractivity contribution in [2.24, 2.45) is 0 Å². The summed E-state index contributed by atoms with van der Waals surface area (Å²) >= 11 is 0. The molecular formula is C14H14FN3O. The van der Waals surface area contributed by atoms with Gasteiger partial charge in [-0.25, -0.2) is 4.39 Å². The van der Waals surface area contributed by atoms with E-state index in [1.54, 1.807) is 31.2 Å². The van der Waals surface area contributed by atoms with Crippen LogP contribution in [-0.2, 0) is 5.41 Å². The number of rotatable bonds is 2. The van der Waals surface area contributed by atoms with E-state index < -0.39 is 5.41 Å². The highest BCUT2D eigenvalue weighted by Gasteiger charge is 2.54. The molecule has 1 saturated carbocycles. The van der Waals surface area contributed by atoms with Gasteiger partial charge in [0.15, 0.2) is 0 Å². The van der Waals surface area contributed by atoms with Crippen molar-refractivity contribution < 1.29 is 9.18 Å². The molecule has 0 amide bonds. The van der Waals surface area contributed by atoms with Gasteiger partial charge in [0, 0.05) is 11.6 Å². The summed E-state index contributed by atoms with van der Waals surface area (Å²) in [6, 6.07) is 8.03. The zero-order valence-electron chi connectivity index (χ0n) is 10.6. The van der Waals surface area contributed by atoms with Crippen LogP contribution in [0.1, 0.15) is 28.9 Å². The first-order valence-electron chi connectivity index (χ1n) is 6.16. The van der Waals surface area contributed by atoms with Gasteiger partial charge in [-0.2, -0.15) is 9.78 Å². The van der Waals surface area contributed by atoms with Crippen LogP contribution in [0, 0.1) is 12.7 Å². The molecule has 19 heavy (non-hydrogen) atoms. The molecule has 1 aliphatic carbocycles. The molecule has 0 bridgehead atoms. The highest BCUT2D eigenvalue weighted by Crippen LogP contribution is 2.50. The van der Waals surface area contributed by atoms with E-state index in [0.717, 1.165) is 0 Å². The van der Waals surface area contributed by atoms with E-state index in [0.29, 0.717) is 29.9 Å². The molecule has 1 heterocycles. The number of aromatic nitrogens is 2. The first-order chi connectivity index (χ1) is 9.04. The molecule has 0 unspecified atom stereocenters. The van der Waals surface area contributed by atoms with Gasteiger partial charge in [0.2, 0.25) is 0 Å². The van der Waals surface area contributed by atoms with Crippen LogP contribution in [0.2, 0.25) is 0 Å². The van der Waals surface area contributed by atoms with Gasteiger partial charge in [-0.15, -0.1) is 0 Å². The Kier molecular flexibility index (Phi) is 2.45. The highest BCUT2D eigenvalue weighted by molar-refractivity contribution is 5.94. The minimum Gasteiger partial charge on any atom is -0.383 e. The van der Waals surface area contributed by atoms with Crippen molar-refractivity contribution in [2.45, 2.75) is 25.2 Å². The lowest BCUT2D eigenvalue weighted by Gasteiger charge is -2.15. The minimum atomic E-state index is -0.794. The molecule has 0 spiro atoms. The van der Waals surface area contributed by atoms with Gasteiger partial charge >= 0.3 is 0 Å². The van der Waals surface area contributed by atoms with Crippen LogP contribution in [0.15, 0.2) is 30.3 Å². The molecule has 2 aromatic rings. The second-order valence-corrected chi connectivity index (χ2v) is 4.99. The third-order valence-electron chi connectivity index (χ3n) is 3.60. The van der Waals surface area contributed by atoms with Gasteiger partial charge in [-0.05, 0) is 25.8 Å². The number of carbonyl (C=O) groups excluding carboxylic acids is 1. The fourth-order valence-electron chi connectivity index (χ4n) is 2.46. The van der Waals surface area contributed by atoms with Crippen molar-refractivity contribution in [1.82, 2.24) is 9.78 Å². The Morgan fingerprint density at radius 2 is 2.11 bits per heavy atom. The first kappa shape index (κ1) is 11.9. The Bertz CT molecular complexity index is 658. The number of nitrogen functional groups attached to an aromatic ring is 1. The number of hydrogen-bond donors (Lipinski definition) is 1. The number of hydrogen-bond acceptors (Lipinski definition) is 3. The zero-order valence-corrected chi connectivity index (χ0v) is 10.6. The molecule has 3 rings (SSSR count). The topological polar surface area (TPSA) is 60.9 Å².